The molecule has 0 amide bonds. The van der Waals surface area contributed by atoms with Gasteiger partial charge in [0.2, 0.25) is 0 Å². The highest BCUT2D eigenvalue weighted by atomic mass is 16.5. The Morgan fingerprint density at radius 1 is 0.885 bits per heavy atom. The first-order valence-electron chi connectivity index (χ1n) is 9.11. The van der Waals surface area contributed by atoms with Crippen molar-refractivity contribution in [2.75, 3.05) is 32.2 Å². The molecular formula is C22H31NO3. The van der Waals surface area contributed by atoms with Gasteiger partial charge in [-0.1, -0.05) is 32.9 Å². The molecule has 142 valence electrons. The molecule has 0 radical (unpaired) electrons. The van der Waals surface area contributed by atoms with Crippen LogP contribution in [0.4, 0.5) is 5.69 Å². The number of nitrogens with one attached hydrogen (secondary N) is 1. The van der Waals surface area contributed by atoms with Crippen molar-refractivity contribution in [1.29, 1.82) is 0 Å². The highest BCUT2D eigenvalue weighted by Gasteiger charge is 2.13. The van der Waals surface area contributed by atoms with Gasteiger partial charge in [-0.2, -0.15) is 0 Å². The number of anilines is 1. The molecule has 1 N–H and O–H groups in total. The van der Waals surface area contributed by atoms with Gasteiger partial charge in [0.05, 0.1) is 13.2 Å². The van der Waals surface area contributed by atoms with Crippen LogP contribution in [0.1, 0.15) is 33.3 Å². The third-order valence-electron chi connectivity index (χ3n) is 4.06. The Bertz CT molecular complexity index is 645. The van der Waals surface area contributed by atoms with Gasteiger partial charge in [0.1, 0.15) is 24.2 Å². The van der Waals surface area contributed by atoms with Crippen LogP contribution in [-0.2, 0) is 10.2 Å². The van der Waals surface area contributed by atoms with E-state index in [1.807, 2.05) is 36.4 Å². The first-order valence-corrected chi connectivity index (χ1v) is 9.11. The highest BCUT2D eigenvalue weighted by molar-refractivity contribution is 5.46. The Kier molecular flexibility index (Phi) is 7.34. The Morgan fingerprint density at radius 3 is 2.08 bits per heavy atom. The van der Waals surface area contributed by atoms with Gasteiger partial charge < -0.3 is 19.5 Å². The molecule has 0 spiro atoms. The van der Waals surface area contributed by atoms with Crippen LogP contribution in [-0.4, -0.2) is 33.0 Å². The smallest absolute Gasteiger partial charge is 0.119 e. The van der Waals surface area contributed by atoms with Crippen molar-refractivity contribution in [2.45, 2.75) is 39.2 Å². The van der Waals surface area contributed by atoms with E-state index in [0.29, 0.717) is 13.2 Å². The van der Waals surface area contributed by atoms with Crippen LogP contribution >= 0.6 is 0 Å². The first-order chi connectivity index (χ1) is 12.4. The molecule has 2 aromatic carbocycles. The lowest BCUT2D eigenvalue weighted by atomic mass is 9.87. The van der Waals surface area contributed by atoms with E-state index in [4.69, 9.17) is 14.2 Å². The molecule has 2 rings (SSSR count). The summed E-state index contributed by atoms with van der Waals surface area (Å²) in [7, 11) is 1.67. The zero-order chi connectivity index (χ0) is 19.0. The quantitative estimate of drug-likeness (QED) is 0.649. The van der Waals surface area contributed by atoms with E-state index in [1.54, 1.807) is 7.11 Å². The summed E-state index contributed by atoms with van der Waals surface area (Å²) in [5.41, 5.74) is 2.51. The van der Waals surface area contributed by atoms with E-state index in [-0.39, 0.29) is 11.5 Å². The van der Waals surface area contributed by atoms with Gasteiger partial charge in [0.25, 0.3) is 0 Å². The molecule has 0 aromatic heterocycles. The zero-order valence-electron chi connectivity index (χ0n) is 16.5. The number of hydrogen-bond donors (Lipinski definition) is 1. The van der Waals surface area contributed by atoms with Crippen molar-refractivity contribution < 1.29 is 14.2 Å². The van der Waals surface area contributed by atoms with E-state index >= 15 is 0 Å². The summed E-state index contributed by atoms with van der Waals surface area (Å²) in [4.78, 5) is 0. The molecule has 0 saturated carbocycles. The van der Waals surface area contributed by atoms with Crippen LogP contribution in [0.3, 0.4) is 0 Å². The normalized spacial score (nSPS) is 12.5. The van der Waals surface area contributed by atoms with Crippen molar-refractivity contribution in [2.24, 2.45) is 0 Å². The van der Waals surface area contributed by atoms with Crippen LogP contribution in [0, 0.1) is 0 Å². The fourth-order valence-corrected chi connectivity index (χ4v) is 2.48. The van der Waals surface area contributed by atoms with Gasteiger partial charge in [-0.3, -0.25) is 0 Å². The van der Waals surface area contributed by atoms with Gasteiger partial charge in [-0.05, 0) is 54.3 Å². The maximum Gasteiger partial charge on any atom is 0.119 e. The third-order valence-corrected chi connectivity index (χ3v) is 4.06. The number of rotatable bonds is 9. The molecule has 4 nitrogen and oxygen atoms in total. The Balaban J connectivity index is 1.78. The topological polar surface area (TPSA) is 39.7 Å². The van der Waals surface area contributed by atoms with Crippen molar-refractivity contribution in [1.82, 2.24) is 0 Å². The minimum atomic E-state index is 0.0631. The highest BCUT2D eigenvalue weighted by Crippen LogP contribution is 2.24. The van der Waals surface area contributed by atoms with Gasteiger partial charge in [-0.25, -0.2) is 0 Å². The Morgan fingerprint density at radius 2 is 1.50 bits per heavy atom. The molecule has 1 unspecified atom stereocenters. The molecule has 0 fully saturated rings. The minimum Gasteiger partial charge on any atom is -0.491 e. The predicted octanol–water partition coefficient (Wildman–Crippen LogP) is 4.89. The lowest BCUT2D eigenvalue weighted by Crippen LogP contribution is -2.22. The molecule has 0 bridgehead atoms. The summed E-state index contributed by atoms with van der Waals surface area (Å²) in [6.07, 6.45) is 0.0631. The monoisotopic (exact) mass is 357 g/mol. The SMILES string of the molecule is COCCOc1ccc(NCC(C)Oc2ccc(C(C)(C)C)cc2)cc1. The van der Waals surface area contributed by atoms with Crippen molar-refractivity contribution in [3.05, 3.63) is 54.1 Å². The van der Waals surface area contributed by atoms with Crippen LogP contribution in [0.15, 0.2) is 48.5 Å². The summed E-state index contributed by atoms with van der Waals surface area (Å²) in [6.45, 7) is 10.6. The minimum absolute atomic E-state index is 0.0631. The molecule has 1 atom stereocenters. The molecule has 26 heavy (non-hydrogen) atoms. The van der Waals surface area contributed by atoms with Crippen LogP contribution < -0.4 is 14.8 Å². The third kappa shape index (κ3) is 6.60. The molecule has 0 aliphatic heterocycles. The summed E-state index contributed by atoms with van der Waals surface area (Å²) >= 11 is 0. The van der Waals surface area contributed by atoms with E-state index in [1.165, 1.54) is 5.56 Å². The number of benzene rings is 2. The van der Waals surface area contributed by atoms with Crippen molar-refractivity contribution in [3.8, 4) is 11.5 Å². The standard InChI is InChI=1S/C22H31NO3/c1-17(26-21-10-6-18(7-11-21)22(2,3)4)16-23-19-8-12-20(13-9-19)25-15-14-24-5/h6-13,17,23H,14-16H2,1-5H3. The number of ether oxygens (including phenoxy) is 3. The molecule has 0 saturated heterocycles. The summed E-state index contributed by atoms with van der Waals surface area (Å²) in [6, 6.07) is 16.3. The average molecular weight is 357 g/mol. The van der Waals surface area contributed by atoms with Gasteiger partial charge in [-0.15, -0.1) is 0 Å². The maximum atomic E-state index is 5.99. The Hall–Kier alpha value is -2.20. The molecular weight excluding hydrogens is 326 g/mol. The van der Waals surface area contributed by atoms with Crippen LogP contribution in [0.25, 0.3) is 0 Å². The molecule has 0 aliphatic carbocycles. The summed E-state index contributed by atoms with van der Waals surface area (Å²) in [5.74, 6) is 1.74. The number of hydrogen-bond acceptors (Lipinski definition) is 4. The largest absolute Gasteiger partial charge is 0.491 e. The predicted molar refractivity (Wildman–Crippen MR) is 108 cm³/mol. The van der Waals surface area contributed by atoms with E-state index in [2.05, 4.69) is 45.1 Å². The van der Waals surface area contributed by atoms with Crippen LogP contribution in [0.2, 0.25) is 0 Å². The molecule has 2 aromatic rings. The average Bonchev–Trinajstić information content (AvgIpc) is 2.61. The molecule has 0 aliphatic rings. The fourth-order valence-electron chi connectivity index (χ4n) is 2.48. The lowest BCUT2D eigenvalue weighted by Gasteiger charge is -2.20. The van der Waals surface area contributed by atoms with E-state index in [0.717, 1.165) is 23.7 Å². The summed E-state index contributed by atoms with van der Waals surface area (Å²) < 4.78 is 16.5. The second-order valence-corrected chi connectivity index (χ2v) is 7.45. The maximum absolute atomic E-state index is 5.99. The molecule has 0 heterocycles. The second kappa shape index (κ2) is 9.48. The van der Waals surface area contributed by atoms with Gasteiger partial charge in [0, 0.05) is 12.8 Å². The van der Waals surface area contributed by atoms with E-state index < -0.39 is 0 Å². The van der Waals surface area contributed by atoms with Crippen molar-refractivity contribution >= 4 is 5.69 Å². The van der Waals surface area contributed by atoms with E-state index in [9.17, 15) is 0 Å². The Labute approximate surface area is 157 Å². The van der Waals surface area contributed by atoms with Gasteiger partial charge in [0.15, 0.2) is 0 Å². The lowest BCUT2D eigenvalue weighted by molar-refractivity contribution is 0.146. The zero-order valence-corrected chi connectivity index (χ0v) is 16.5. The van der Waals surface area contributed by atoms with Gasteiger partial charge >= 0.3 is 0 Å². The second-order valence-electron chi connectivity index (χ2n) is 7.45. The fraction of sp³-hybridized carbons (Fsp3) is 0.455. The summed E-state index contributed by atoms with van der Waals surface area (Å²) in [5, 5.41) is 3.39. The number of methoxy groups -OCH3 is 1. The van der Waals surface area contributed by atoms with Crippen LogP contribution in [0.5, 0.6) is 11.5 Å². The van der Waals surface area contributed by atoms with Crippen molar-refractivity contribution in [3.63, 3.8) is 0 Å². The molecule has 4 heteroatoms. The first kappa shape index (κ1) is 20.1.